The average Bonchev–Trinajstić information content (AvgIpc) is 2.59. The molecule has 0 aliphatic heterocycles. The summed E-state index contributed by atoms with van der Waals surface area (Å²) in [5, 5.41) is 6.82. The summed E-state index contributed by atoms with van der Waals surface area (Å²) in [6.07, 6.45) is 7.47. The van der Waals surface area contributed by atoms with Crippen molar-refractivity contribution in [2.24, 2.45) is 17.8 Å². The molecule has 0 radical (unpaired) electrons. The van der Waals surface area contributed by atoms with E-state index >= 15 is 0 Å². The number of nitrogens with one attached hydrogen (secondary N) is 2. The van der Waals surface area contributed by atoms with Gasteiger partial charge in [-0.15, -0.1) is 0 Å². The van der Waals surface area contributed by atoms with Gasteiger partial charge in [0.15, 0.2) is 0 Å². The number of carbonyl (C=O) groups excluding carboxylic acids is 2. The van der Waals surface area contributed by atoms with Crippen LogP contribution in [-0.4, -0.2) is 41.9 Å². The first kappa shape index (κ1) is 19.7. The molecule has 5 nitrogen and oxygen atoms in total. The molecule has 152 valence electrons. The van der Waals surface area contributed by atoms with E-state index < -0.39 is 0 Å². The molecule has 4 fully saturated rings. The van der Waals surface area contributed by atoms with Crippen LogP contribution in [0.4, 0.5) is 5.69 Å². The standard InChI is InChI=1S/C22H30ClN3O2/c1-14(26(2)13-20(27)24-19-5-3-4-18(23)9-19)21(28)25-22-10-15-6-16(11-22)8-17(7-15)12-22/h3-5,9,14-17H,6-8,10-13H2,1-2H3,(H,24,27)(H,25,28). The Morgan fingerprint density at radius 3 is 2.36 bits per heavy atom. The molecule has 2 N–H and O–H groups in total. The number of anilines is 1. The SMILES string of the molecule is CC(C(=O)NC12CC3CC(CC(C3)C1)C2)N(C)CC(=O)Nc1cccc(Cl)c1. The lowest BCUT2D eigenvalue weighted by atomic mass is 9.53. The average molecular weight is 404 g/mol. The largest absolute Gasteiger partial charge is 0.349 e. The van der Waals surface area contributed by atoms with Crippen LogP contribution in [0.5, 0.6) is 0 Å². The number of amides is 2. The fourth-order valence-corrected chi connectivity index (χ4v) is 6.15. The zero-order valence-corrected chi connectivity index (χ0v) is 17.5. The monoisotopic (exact) mass is 403 g/mol. The molecule has 28 heavy (non-hydrogen) atoms. The number of rotatable bonds is 6. The maximum atomic E-state index is 13.0. The minimum Gasteiger partial charge on any atom is -0.349 e. The van der Waals surface area contributed by atoms with Gasteiger partial charge < -0.3 is 10.6 Å². The van der Waals surface area contributed by atoms with Crippen LogP contribution >= 0.6 is 11.6 Å². The van der Waals surface area contributed by atoms with E-state index in [1.165, 1.54) is 19.3 Å². The Morgan fingerprint density at radius 2 is 1.79 bits per heavy atom. The summed E-state index contributed by atoms with van der Waals surface area (Å²) < 4.78 is 0. The highest BCUT2D eigenvalue weighted by Gasteiger charge is 2.51. The first-order valence-corrected chi connectivity index (χ1v) is 10.8. The van der Waals surface area contributed by atoms with E-state index in [2.05, 4.69) is 10.6 Å². The van der Waals surface area contributed by atoms with Gasteiger partial charge in [-0.1, -0.05) is 17.7 Å². The molecular formula is C22H30ClN3O2. The van der Waals surface area contributed by atoms with Gasteiger partial charge in [-0.3, -0.25) is 14.5 Å². The molecule has 4 aliphatic carbocycles. The zero-order valence-electron chi connectivity index (χ0n) is 16.7. The molecule has 5 rings (SSSR count). The number of carbonyl (C=O) groups is 2. The van der Waals surface area contributed by atoms with Gasteiger partial charge in [0, 0.05) is 16.2 Å². The predicted molar refractivity (Wildman–Crippen MR) is 111 cm³/mol. The quantitative estimate of drug-likeness (QED) is 0.761. The summed E-state index contributed by atoms with van der Waals surface area (Å²) in [6.45, 7) is 2.03. The number of benzene rings is 1. The second-order valence-corrected chi connectivity index (χ2v) is 9.77. The molecule has 4 aliphatic rings. The molecule has 1 unspecified atom stereocenters. The Hall–Kier alpha value is -1.59. The smallest absolute Gasteiger partial charge is 0.238 e. The number of halogens is 1. The first-order chi connectivity index (χ1) is 13.3. The van der Waals surface area contributed by atoms with Gasteiger partial charge in [0.1, 0.15) is 0 Å². The summed E-state index contributed by atoms with van der Waals surface area (Å²) in [7, 11) is 1.82. The second kappa shape index (κ2) is 7.68. The van der Waals surface area contributed by atoms with Gasteiger partial charge in [0.2, 0.25) is 11.8 Å². The van der Waals surface area contributed by atoms with Crippen molar-refractivity contribution in [1.29, 1.82) is 0 Å². The Bertz CT molecular complexity index is 731. The second-order valence-electron chi connectivity index (χ2n) is 9.34. The molecule has 0 saturated heterocycles. The van der Waals surface area contributed by atoms with E-state index in [0.29, 0.717) is 10.7 Å². The summed E-state index contributed by atoms with van der Waals surface area (Å²) in [5.41, 5.74) is 0.667. The van der Waals surface area contributed by atoms with Gasteiger partial charge in [-0.05, 0) is 88.4 Å². The summed E-state index contributed by atoms with van der Waals surface area (Å²) in [4.78, 5) is 27.1. The molecular weight excluding hydrogens is 374 g/mol. The fraction of sp³-hybridized carbons (Fsp3) is 0.636. The van der Waals surface area contributed by atoms with Crippen LogP contribution < -0.4 is 10.6 Å². The molecule has 0 spiro atoms. The van der Waals surface area contributed by atoms with Crippen molar-refractivity contribution in [2.45, 2.75) is 57.0 Å². The van der Waals surface area contributed by atoms with Gasteiger partial charge in [0.25, 0.3) is 0 Å². The van der Waals surface area contributed by atoms with Crippen molar-refractivity contribution >= 4 is 29.1 Å². The molecule has 1 aromatic rings. The number of hydrogen-bond acceptors (Lipinski definition) is 3. The van der Waals surface area contributed by atoms with Gasteiger partial charge >= 0.3 is 0 Å². The van der Waals surface area contributed by atoms with Crippen LogP contribution in [0.15, 0.2) is 24.3 Å². The maximum Gasteiger partial charge on any atom is 0.238 e. The first-order valence-electron chi connectivity index (χ1n) is 10.4. The van der Waals surface area contributed by atoms with Crippen molar-refractivity contribution in [1.82, 2.24) is 10.2 Å². The lowest BCUT2D eigenvalue weighted by molar-refractivity contribution is -0.131. The third-order valence-electron chi connectivity index (χ3n) is 6.97. The van der Waals surface area contributed by atoms with Crippen molar-refractivity contribution < 1.29 is 9.59 Å². The van der Waals surface area contributed by atoms with E-state index in [4.69, 9.17) is 11.6 Å². The number of likely N-dealkylation sites (N-methyl/N-ethyl adjacent to an activating group) is 1. The van der Waals surface area contributed by atoms with E-state index in [0.717, 1.165) is 37.0 Å². The van der Waals surface area contributed by atoms with E-state index in [1.54, 1.807) is 29.2 Å². The highest BCUT2D eigenvalue weighted by Crippen LogP contribution is 2.55. The highest BCUT2D eigenvalue weighted by molar-refractivity contribution is 6.30. The van der Waals surface area contributed by atoms with Gasteiger partial charge in [-0.25, -0.2) is 0 Å². The molecule has 2 amide bonds. The zero-order chi connectivity index (χ0) is 19.9. The predicted octanol–water partition coefficient (Wildman–Crippen LogP) is 3.68. The van der Waals surface area contributed by atoms with E-state index in [9.17, 15) is 9.59 Å². The molecule has 1 atom stereocenters. The summed E-state index contributed by atoms with van der Waals surface area (Å²) >= 11 is 5.96. The van der Waals surface area contributed by atoms with Gasteiger partial charge in [0.05, 0.1) is 12.6 Å². The Balaban J connectivity index is 1.31. The van der Waals surface area contributed by atoms with Gasteiger partial charge in [-0.2, -0.15) is 0 Å². The third kappa shape index (κ3) is 4.20. The number of hydrogen-bond donors (Lipinski definition) is 2. The third-order valence-corrected chi connectivity index (χ3v) is 7.20. The Morgan fingerprint density at radius 1 is 1.18 bits per heavy atom. The molecule has 1 aromatic carbocycles. The summed E-state index contributed by atoms with van der Waals surface area (Å²) in [5.74, 6) is 2.27. The van der Waals surface area contributed by atoms with E-state index in [-0.39, 0.29) is 29.9 Å². The van der Waals surface area contributed by atoms with Crippen LogP contribution in [0, 0.1) is 17.8 Å². The fourth-order valence-electron chi connectivity index (χ4n) is 5.96. The Labute approximate surface area is 172 Å². The van der Waals surface area contributed by atoms with Crippen LogP contribution in [0.2, 0.25) is 5.02 Å². The van der Waals surface area contributed by atoms with E-state index in [1.807, 2.05) is 14.0 Å². The molecule has 0 heterocycles. The normalized spacial score (nSPS) is 31.6. The lowest BCUT2D eigenvalue weighted by Gasteiger charge is -2.57. The maximum absolute atomic E-state index is 13.0. The molecule has 0 aromatic heterocycles. The van der Waals surface area contributed by atoms with Crippen LogP contribution in [-0.2, 0) is 9.59 Å². The van der Waals surface area contributed by atoms with Crippen LogP contribution in [0.3, 0.4) is 0 Å². The molecule has 4 saturated carbocycles. The minimum absolute atomic E-state index is 0.00395. The Kier molecular flexibility index (Phi) is 5.41. The van der Waals surface area contributed by atoms with Crippen molar-refractivity contribution in [3.05, 3.63) is 29.3 Å². The van der Waals surface area contributed by atoms with Crippen molar-refractivity contribution in [2.75, 3.05) is 18.9 Å². The van der Waals surface area contributed by atoms with Crippen LogP contribution in [0.1, 0.15) is 45.4 Å². The molecule has 6 heteroatoms. The lowest BCUT2D eigenvalue weighted by Crippen LogP contribution is -2.62. The number of nitrogens with zero attached hydrogens (tertiary/aromatic N) is 1. The van der Waals surface area contributed by atoms with Crippen LogP contribution in [0.25, 0.3) is 0 Å². The minimum atomic E-state index is -0.349. The van der Waals surface area contributed by atoms with Crippen molar-refractivity contribution in [3.63, 3.8) is 0 Å². The molecule has 4 bridgehead atoms. The van der Waals surface area contributed by atoms with Crippen molar-refractivity contribution in [3.8, 4) is 0 Å². The summed E-state index contributed by atoms with van der Waals surface area (Å²) in [6, 6.07) is 6.72. The highest BCUT2D eigenvalue weighted by atomic mass is 35.5. The topological polar surface area (TPSA) is 61.4 Å².